The number of benzene rings is 1. The molecule has 1 N–H and O–H groups in total. The van der Waals surface area contributed by atoms with Crippen LogP contribution in [0.15, 0.2) is 30.3 Å². The lowest BCUT2D eigenvalue weighted by Crippen LogP contribution is -2.40. The van der Waals surface area contributed by atoms with Crippen molar-refractivity contribution in [2.45, 2.75) is 37.3 Å². The molecule has 1 aliphatic heterocycles. The standard InChI is InChI=1S/C17H23NO2/c1-20-15-8-6-14(7-9-15)4-2-12-18-13-3-5-16(18)17(19)10-11-17/h2,4,6-9,16,19H,3,5,10-13H2,1H3/b4-2+. The van der Waals surface area contributed by atoms with Gasteiger partial charge in [0.25, 0.3) is 0 Å². The molecule has 1 saturated heterocycles. The van der Waals surface area contributed by atoms with Crippen molar-refractivity contribution in [1.82, 2.24) is 4.90 Å². The second-order valence-corrected chi connectivity index (χ2v) is 5.93. The lowest BCUT2D eigenvalue weighted by atomic mass is 10.1. The zero-order chi connectivity index (χ0) is 14.0. The van der Waals surface area contributed by atoms with Gasteiger partial charge in [-0.1, -0.05) is 24.3 Å². The van der Waals surface area contributed by atoms with Gasteiger partial charge in [-0.2, -0.15) is 0 Å². The van der Waals surface area contributed by atoms with E-state index in [0.717, 1.165) is 38.1 Å². The van der Waals surface area contributed by atoms with E-state index in [4.69, 9.17) is 4.74 Å². The third-order valence-corrected chi connectivity index (χ3v) is 4.51. The Kier molecular flexibility index (Phi) is 3.81. The molecule has 1 atom stereocenters. The quantitative estimate of drug-likeness (QED) is 0.895. The number of likely N-dealkylation sites (tertiary alicyclic amines) is 1. The summed E-state index contributed by atoms with van der Waals surface area (Å²) in [5, 5.41) is 10.3. The van der Waals surface area contributed by atoms with Crippen LogP contribution < -0.4 is 4.74 Å². The van der Waals surface area contributed by atoms with Gasteiger partial charge >= 0.3 is 0 Å². The number of hydrogen-bond acceptors (Lipinski definition) is 3. The predicted octanol–water partition coefficient (Wildman–Crippen LogP) is 2.70. The summed E-state index contributed by atoms with van der Waals surface area (Å²) in [7, 11) is 1.68. The first-order valence-electron chi connectivity index (χ1n) is 7.48. The van der Waals surface area contributed by atoms with Crippen molar-refractivity contribution >= 4 is 6.08 Å². The second-order valence-electron chi connectivity index (χ2n) is 5.93. The zero-order valence-electron chi connectivity index (χ0n) is 12.1. The lowest BCUT2D eigenvalue weighted by Gasteiger charge is -2.27. The Morgan fingerprint density at radius 2 is 2.10 bits per heavy atom. The van der Waals surface area contributed by atoms with Gasteiger partial charge in [-0.15, -0.1) is 0 Å². The summed E-state index contributed by atoms with van der Waals surface area (Å²) in [6.45, 7) is 2.04. The van der Waals surface area contributed by atoms with Gasteiger partial charge in [0, 0.05) is 12.6 Å². The normalized spacial score (nSPS) is 25.2. The number of rotatable bonds is 5. The lowest BCUT2D eigenvalue weighted by molar-refractivity contribution is 0.0569. The molecule has 0 aromatic heterocycles. The highest BCUT2D eigenvalue weighted by atomic mass is 16.5. The summed E-state index contributed by atoms with van der Waals surface area (Å²) in [5.74, 6) is 0.887. The number of ether oxygens (including phenoxy) is 1. The molecular weight excluding hydrogens is 250 g/mol. The molecule has 1 saturated carbocycles. The molecule has 20 heavy (non-hydrogen) atoms. The molecule has 108 valence electrons. The number of methoxy groups -OCH3 is 1. The Balaban J connectivity index is 1.56. The van der Waals surface area contributed by atoms with Crippen LogP contribution in [0.5, 0.6) is 5.75 Å². The van der Waals surface area contributed by atoms with Crippen LogP contribution in [0.25, 0.3) is 6.08 Å². The van der Waals surface area contributed by atoms with Gasteiger partial charge in [-0.05, 0) is 49.9 Å². The fourth-order valence-electron chi connectivity index (χ4n) is 3.15. The first kappa shape index (κ1) is 13.7. The van der Waals surface area contributed by atoms with E-state index in [-0.39, 0.29) is 5.60 Å². The van der Waals surface area contributed by atoms with Crippen LogP contribution in [0, 0.1) is 0 Å². The van der Waals surface area contributed by atoms with Gasteiger partial charge in [0.15, 0.2) is 0 Å². The van der Waals surface area contributed by atoms with Crippen molar-refractivity contribution in [3.63, 3.8) is 0 Å². The monoisotopic (exact) mass is 273 g/mol. The second kappa shape index (κ2) is 5.58. The average Bonchev–Trinajstić information content (AvgIpc) is 3.03. The van der Waals surface area contributed by atoms with Gasteiger partial charge in [-0.3, -0.25) is 4.90 Å². The fourth-order valence-corrected chi connectivity index (χ4v) is 3.15. The Labute approximate surface area is 120 Å². The minimum absolute atomic E-state index is 0.371. The first-order chi connectivity index (χ1) is 9.71. The molecule has 3 nitrogen and oxygen atoms in total. The maximum Gasteiger partial charge on any atom is 0.118 e. The Hall–Kier alpha value is -1.32. The van der Waals surface area contributed by atoms with Crippen molar-refractivity contribution in [2.24, 2.45) is 0 Å². The number of nitrogens with zero attached hydrogens (tertiary/aromatic N) is 1. The molecule has 2 fully saturated rings. The topological polar surface area (TPSA) is 32.7 Å². The summed E-state index contributed by atoms with van der Waals surface area (Å²) in [5.41, 5.74) is 0.816. The van der Waals surface area contributed by atoms with Crippen molar-refractivity contribution in [3.8, 4) is 5.75 Å². The Morgan fingerprint density at radius 1 is 1.35 bits per heavy atom. The molecule has 1 aromatic rings. The molecule has 0 spiro atoms. The van der Waals surface area contributed by atoms with Crippen LogP contribution >= 0.6 is 0 Å². The van der Waals surface area contributed by atoms with Crippen LogP contribution in [0.4, 0.5) is 0 Å². The molecule has 1 heterocycles. The van der Waals surface area contributed by atoms with Crippen molar-refractivity contribution in [2.75, 3.05) is 20.2 Å². The van der Waals surface area contributed by atoms with E-state index in [2.05, 4.69) is 29.2 Å². The number of hydrogen-bond donors (Lipinski definition) is 1. The van der Waals surface area contributed by atoms with Gasteiger partial charge in [0.1, 0.15) is 5.75 Å². The molecule has 1 aromatic carbocycles. The largest absolute Gasteiger partial charge is 0.497 e. The van der Waals surface area contributed by atoms with Crippen LogP contribution in [0.3, 0.4) is 0 Å². The molecule has 0 bridgehead atoms. The van der Waals surface area contributed by atoms with Crippen LogP contribution in [-0.2, 0) is 0 Å². The highest BCUT2D eigenvalue weighted by molar-refractivity contribution is 5.50. The predicted molar refractivity (Wildman–Crippen MR) is 80.8 cm³/mol. The van der Waals surface area contributed by atoms with Gasteiger partial charge in [-0.25, -0.2) is 0 Å². The molecule has 3 rings (SSSR count). The Bertz CT molecular complexity index is 476. The minimum Gasteiger partial charge on any atom is -0.497 e. The third kappa shape index (κ3) is 2.89. The molecule has 0 amide bonds. The average molecular weight is 273 g/mol. The summed E-state index contributed by atoms with van der Waals surface area (Å²) < 4.78 is 5.15. The first-order valence-corrected chi connectivity index (χ1v) is 7.48. The van der Waals surface area contributed by atoms with E-state index in [9.17, 15) is 5.11 Å². The van der Waals surface area contributed by atoms with E-state index in [1.165, 1.54) is 12.0 Å². The molecule has 1 unspecified atom stereocenters. The van der Waals surface area contributed by atoms with Gasteiger partial charge in [0.2, 0.25) is 0 Å². The summed E-state index contributed by atoms with van der Waals surface area (Å²) in [4.78, 5) is 2.42. The molecule has 3 heteroatoms. The van der Waals surface area contributed by atoms with Crippen molar-refractivity contribution in [3.05, 3.63) is 35.9 Å². The van der Waals surface area contributed by atoms with E-state index in [1.807, 2.05) is 12.1 Å². The van der Waals surface area contributed by atoms with Crippen LogP contribution in [0.2, 0.25) is 0 Å². The summed E-state index contributed by atoms with van der Waals surface area (Å²) in [6.07, 6.45) is 8.67. The SMILES string of the molecule is COc1ccc(/C=C/CN2CCCC2C2(O)CC2)cc1. The molecule has 2 aliphatic rings. The summed E-state index contributed by atoms with van der Waals surface area (Å²) >= 11 is 0. The van der Waals surface area contributed by atoms with E-state index >= 15 is 0 Å². The maximum absolute atomic E-state index is 10.3. The minimum atomic E-state index is -0.371. The Morgan fingerprint density at radius 3 is 2.75 bits per heavy atom. The molecule has 0 radical (unpaired) electrons. The summed E-state index contributed by atoms with van der Waals surface area (Å²) in [6, 6.07) is 8.45. The molecular formula is C17H23NO2. The highest BCUT2D eigenvalue weighted by Crippen LogP contribution is 2.44. The fraction of sp³-hybridized carbons (Fsp3) is 0.529. The third-order valence-electron chi connectivity index (χ3n) is 4.51. The van der Waals surface area contributed by atoms with E-state index in [0.29, 0.717) is 6.04 Å². The van der Waals surface area contributed by atoms with E-state index < -0.39 is 0 Å². The van der Waals surface area contributed by atoms with Crippen molar-refractivity contribution < 1.29 is 9.84 Å². The van der Waals surface area contributed by atoms with Crippen LogP contribution in [-0.4, -0.2) is 41.8 Å². The van der Waals surface area contributed by atoms with Gasteiger partial charge < -0.3 is 9.84 Å². The highest BCUT2D eigenvalue weighted by Gasteiger charge is 2.51. The molecule has 1 aliphatic carbocycles. The zero-order valence-corrected chi connectivity index (χ0v) is 12.1. The smallest absolute Gasteiger partial charge is 0.118 e. The van der Waals surface area contributed by atoms with Gasteiger partial charge in [0.05, 0.1) is 12.7 Å². The van der Waals surface area contributed by atoms with E-state index in [1.54, 1.807) is 7.11 Å². The number of aliphatic hydroxyl groups is 1. The maximum atomic E-state index is 10.3. The van der Waals surface area contributed by atoms with Crippen molar-refractivity contribution in [1.29, 1.82) is 0 Å². The van der Waals surface area contributed by atoms with Crippen LogP contribution in [0.1, 0.15) is 31.2 Å².